The Morgan fingerprint density at radius 1 is 1.10 bits per heavy atom. The van der Waals surface area contributed by atoms with E-state index in [1.165, 1.54) is 0 Å². The zero-order valence-corrected chi connectivity index (χ0v) is 12.1. The van der Waals surface area contributed by atoms with Crippen LogP contribution in [-0.2, 0) is 11.2 Å². The fourth-order valence-corrected chi connectivity index (χ4v) is 2.29. The molecule has 0 amide bonds. The van der Waals surface area contributed by atoms with Crippen LogP contribution in [0.25, 0.3) is 10.8 Å². The predicted molar refractivity (Wildman–Crippen MR) is 78.4 cm³/mol. The molecule has 0 unspecified atom stereocenters. The van der Waals surface area contributed by atoms with Gasteiger partial charge in [-0.15, -0.1) is 0 Å². The summed E-state index contributed by atoms with van der Waals surface area (Å²) in [6.07, 6.45) is 0.106. The molecule has 0 aliphatic heterocycles. The van der Waals surface area contributed by atoms with E-state index in [9.17, 15) is 5.11 Å². The molecule has 2 rings (SSSR count). The van der Waals surface area contributed by atoms with E-state index in [-0.39, 0.29) is 6.79 Å². The van der Waals surface area contributed by atoms with E-state index >= 15 is 0 Å². The minimum atomic E-state index is -0.428. The summed E-state index contributed by atoms with van der Waals surface area (Å²) in [6.45, 7) is 1.93. The molecule has 1 atom stereocenters. The molecule has 0 bridgehead atoms. The number of fused-ring (bicyclic) bond motifs is 1. The first kappa shape index (κ1) is 14.6. The van der Waals surface area contributed by atoms with Crippen LogP contribution in [0.15, 0.2) is 30.3 Å². The van der Waals surface area contributed by atoms with E-state index in [0.29, 0.717) is 6.42 Å². The van der Waals surface area contributed by atoms with Gasteiger partial charge in [0.05, 0.1) is 13.2 Å². The number of rotatable bonds is 6. The van der Waals surface area contributed by atoms with Gasteiger partial charge in [-0.3, -0.25) is 0 Å². The van der Waals surface area contributed by atoms with Gasteiger partial charge in [0.15, 0.2) is 6.79 Å². The SMILES string of the molecule is COCOc1c(C[C@@H](C)O)ccc2c(OC)cccc12. The molecule has 0 heterocycles. The summed E-state index contributed by atoms with van der Waals surface area (Å²) in [5.41, 5.74) is 0.956. The first-order valence-electron chi connectivity index (χ1n) is 6.55. The lowest BCUT2D eigenvalue weighted by Gasteiger charge is -2.16. The van der Waals surface area contributed by atoms with Crippen molar-refractivity contribution in [2.45, 2.75) is 19.4 Å². The Hall–Kier alpha value is -1.78. The van der Waals surface area contributed by atoms with Crippen LogP contribution in [0.2, 0.25) is 0 Å². The van der Waals surface area contributed by atoms with Crippen LogP contribution < -0.4 is 9.47 Å². The number of methoxy groups -OCH3 is 2. The number of hydrogen-bond donors (Lipinski definition) is 1. The third-order valence-electron chi connectivity index (χ3n) is 3.11. The smallest absolute Gasteiger partial charge is 0.188 e. The van der Waals surface area contributed by atoms with E-state index in [0.717, 1.165) is 27.8 Å². The van der Waals surface area contributed by atoms with Gasteiger partial charge in [0.25, 0.3) is 0 Å². The Bertz CT molecular complexity index is 578. The number of aliphatic hydroxyl groups excluding tert-OH is 1. The number of ether oxygens (including phenoxy) is 3. The van der Waals surface area contributed by atoms with Gasteiger partial charge in [-0.25, -0.2) is 0 Å². The van der Waals surface area contributed by atoms with Crippen LogP contribution >= 0.6 is 0 Å². The van der Waals surface area contributed by atoms with Gasteiger partial charge in [-0.05, 0) is 18.6 Å². The van der Waals surface area contributed by atoms with Gasteiger partial charge in [0.1, 0.15) is 11.5 Å². The molecule has 2 aromatic carbocycles. The minimum absolute atomic E-state index is 0.170. The summed E-state index contributed by atoms with van der Waals surface area (Å²) in [5, 5.41) is 11.6. The molecule has 0 aliphatic carbocycles. The second-order valence-electron chi connectivity index (χ2n) is 4.71. The normalized spacial score (nSPS) is 12.4. The van der Waals surface area contributed by atoms with Crippen molar-refractivity contribution >= 4 is 10.8 Å². The van der Waals surface area contributed by atoms with Crippen LogP contribution in [0.1, 0.15) is 12.5 Å². The molecular formula is C16H20O4. The second-order valence-corrected chi connectivity index (χ2v) is 4.71. The highest BCUT2D eigenvalue weighted by Gasteiger charge is 2.13. The second kappa shape index (κ2) is 6.59. The lowest BCUT2D eigenvalue weighted by Crippen LogP contribution is -2.08. The molecule has 0 saturated carbocycles. The molecule has 0 radical (unpaired) electrons. The number of hydrogen-bond acceptors (Lipinski definition) is 4. The van der Waals surface area contributed by atoms with Crippen molar-refractivity contribution in [1.82, 2.24) is 0 Å². The Balaban J connectivity index is 2.57. The molecule has 0 aromatic heterocycles. The maximum absolute atomic E-state index is 9.62. The molecule has 0 fully saturated rings. The summed E-state index contributed by atoms with van der Waals surface area (Å²) >= 11 is 0. The molecule has 20 heavy (non-hydrogen) atoms. The average Bonchev–Trinajstić information content (AvgIpc) is 2.44. The standard InChI is InChI=1S/C16H20O4/c1-11(17)9-12-7-8-13-14(16(12)20-10-18-2)5-4-6-15(13)19-3/h4-8,11,17H,9-10H2,1-3H3/t11-/m1/s1. The molecule has 0 aliphatic rings. The zero-order valence-electron chi connectivity index (χ0n) is 12.1. The molecule has 0 spiro atoms. The van der Waals surface area contributed by atoms with Crippen molar-refractivity contribution in [2.24, 2.45) is 0 Å². The number of aliphatic hydroxyl groups is 1. The quantitative estimate of drug-likeness (QED) is 0.824. The Kier molecular flexibility index (Phi) is 4.82. The van der Waals surface area contributed by atoms with Gasteiger partial charge in [0, 0.05) is 24.3 Å². The van der Waals surface area contributed by atoms with Gasteiger partial charge >= 0.3 is 0 Å². The molecule has 0 saturated heterocycles. The van der Waals surface area contributed by atoms with Crippen LogP contribution in [-0.4, -0.2) is 32.2 Å². The first-order valence-corrected chi connectivity index (χ1v) is 6.55. The van der Waals surface area contributed by atoms with E-state index in [2.05, 4.69) is 0 Å². The molecule has 2 aromatic rings. The van der Waals surface area contributed by atoms with Crippen molar-refractivity contribution < 1.29 is 19.3 Å². The third kappa shape index (κ3) is 3.03. The zero-order chi connectivity index (χ0) is 14.5. The first-order chi connectivity index (χ1) is 9.67. The van der Waals surface area contributed by atoms with Gasteiger partial charge in [-0.2, -0.15) is 0 Å². The van der Waals surface area contributed by atoms with Gasteiger partial charge in [-0.1, -0.05) is 24.3 Å². The van der Waals surface area contributed by atoms with E-state index in [1.807, 2.05) is 30.3 Å². The fourth-order valence-electron chi connectivity index (χ4n) is 2.29. The molecule has 108 valence electrons. The predicted octanol–water partition coefficient (Wildman–Crippen LogP) is 2.75. The van der Waals surface area contributed by atoms with Crippen molar-refractivity contribution in [3.8, 4) is 11.5 Å². The van der Waals surface area contributed by atoms with Crippen LogP contribution in [0, 0.1) is 0 Å². The van der Waals surface area contributed by atoms with Crippen molar-refractivity contribution in [2.75, 3.05) is 21.0 Å². The summed E-state index contributed by atoms with van der Waals surface area (Å²) < 4.78 is 16.1. The Morgan fingerprint density at radius 2 is 1.90 bits per heavy atom. The molecule has 1 N–H and O–H groups in total. The molecular weight excluding hydrogens is 256 g/mol. The van der Waals surface area contributed by atoms with Crippen LogP contribution in [0.5, 0.6) is 11.5 Å². The van der Waals surface area contributed by atoms with Crippen molar-refractivity contribution in [1.29, 1.82) is 0 Å². The van der Waals surface area contributed by atoms with Crippen LogP contribution in [0.3, 0.4) is 0 Å². The average molecular weight is 276 g/mol. The Labute approximate surface area is 118 Å². The van der Waals surface area contributed by atoms with E-state index in [4.69, 9.17) is 14.2 Å². The highest BCUT2D eigenvalue weighted by atomic mass is 16.7. The van der Waals surface area contributed by atoms with Crippen LogP contribution in [0.4, 0.5) is 0 Å². The van der Waals surface area contributed by atoms with Crippen molar-refractivity contribution in [3.05, 3.63) is 35.9 Å². The third-order valence-corrected chi connectivity index (χ3v) is 3.11. The largest absolute Gasteiger partial charge is 0.496 e. The minimum Gasteiger partial charge on any atom is -0.496 e. The maximum atomic E-state index is 9.62. The Morgan fingerprint density at radius 3 is 2.55 bits per heavy atom. The van der Waals surface area contributed by atoms with Gasteiger partial charge in [0.2, 0.25) is 0 Å². The topological polar surface area (TPSA) is 47.9 Å². The lowest BCUT2D eigenvalue weighted by atomic mass is 10.0. The monoisotopic (exact) mass is 276 g/mol. The molecule has 4 nitrogen and oxygen atoms in total. The lowest BCUT2D eigenvalue weighted by molar-refractivity contribution is 0.0510. The summed E-state index contributed by atoms with van der Waals surface area (Å²) in [4.78, 5) is 0. The number of benzene rings is 2. The summed E-state index contributed by atoms with van der Waals surface area (Å²) in [7, 11) is 3.23. The fraction of sp³-hybridized carbons (Fsp3) is 0.375. The molecule has 4 heteroatoms. The van der Waals surface area contributed by atoms with E-state index < -0.39 is 6.10 Å². The highest BCUT2D eigenvalue weighted by molar-refractivity contribution is 5.94. The van der Waals surface area contributed by atoms with Gasteiger partial charge < -0.3 is 19.3 Å². The summed E-state index contributed by atoms with van der Waals surface area (Å²) in [6, 6.07) is 9.77. The summed E-state index contributed by atoms with van der Waals surface area (Å²) in [5.74, 6) is 1.54. The highest BCUT2D eigenvalue weighted by Crippen LogP contribution is 2.35. The maximum Gasteiger partial charge on any atom is 0.188 e. The van der Waals surface area contributed by atoms with Crippen molar-refractivity contribution in [3.63, 3.8) is 0 Å². The van der Waals surface area contributed by atoms with E-state index in [1.54, 1.807) is 21.1 Å².